The lowest BCUT2D eigenvalue weighted by molar-refractivity contribution is -0.159. The van der Waals surface area contributed by atoms with Gasteiger partial charge < -0.3 is 10.2 Å². The molecular weight excluding hydrogens is 344 g/mol. The first-order chi connectivity index (χ1) is 10.5. The normalized spacial score (nSPS) is 24.3. The molecule has 0 aliphatic carbocycles. The molecule has 9 heteroatoms. The Balaban J connectivity index is 1.81. The number of aryl methyl sites for hydroxylation is 1. The van der Waals surface area contributed by atoms with Gasteiger partial charge in [-0.05, 0) is 12.0 Å². The van der Waals surface area contributed by atoms with Crippen LogP contribution in [-0.4, -0.2) is 55.0 Å². The number of rotatable bonds is 5. The van der Waals surface area contributed by atoms with Gasteiger partial charge in [-0.25, -0.2) is 9.78 Å². The average molecular weight is 358 g/mol. The van der Waals surface area contributed by atoms with Crippen LogP contribution >= 0.6 is 34.9 Å². The number of carbonyl (C=O) groups is 2. The van der Waals surface area contributed by atoms with Crippen LogP contribution in [0.4, 0.5) is 0 Å². The molecule has 0 spiro atoms. The maximum Gasteiger partial charge on any atom is 0.352 e. The number of thiazole rings is 1. The number of β-lactam (4-membered cyclic amide) rings is 1. The second kappa shape index (κ2) is 6.23. The first-order valence-corrected chi connectivity index (χ1v) is 9.59. The number of fused-ring (bicyclic) bond motifs is 1. The molecule has 1 aromatic heterocycles. The second-order valence-corrected chi connectivity index (χ2v) is 8.04. The van der Waals surface area contributed by atoms with E-state index in [1.807, 2.05) is 6.92 Å². The highest BCUT2D eigenvalue weighted by Crippen LogP contribution is 2.42. The molecule has 1 saturated heterocycles. The minimum atomic E-state index is -1.11. The first kappa shape index (κ1) is 15.9. The van der Waals surface area contributed by atoms with Crippen LogP contribution in [0.1, 0.15) is 12.6 Å². The number of aliphatic hydroxyl groups excluding tert-OH is 1. The van der Waals surface area contributed by atoms with E-state index in [2.05, 4.69) is 4.98 Å². The van der Waals surface area contributed by atoms with Gasteiger partial charge in [0.1, 0.15) is 11.1 Å². The lowest BCUT2D eigenvalue weighted by Gasteiger charge is -2.47. The van der Waals surface area contributed by atoms with Gasteiger partial charge in [0.15, 0.2) is 6.10 Å². The van der Waals surface area contributed by atoms with Crippen LogP contribution in [0.2, 0.25) is 0 Å². The van der Waals surface area contributed by atoms with Crippen molar-refractivity contribution >= 4 is 46.7 Å². The Bertz CT molecular complexity index is 657. The predicted octanol–water partition coefficient (Wildman–Crippen LogP) is 1.41. The molecule has 2 N–H and O–H groups in total. The molecule has 1 aromatic rings. The number of aliphatic carboxylic acids is 1. The quantitative estimate of drug-likeness (QED) is 0.607. The number of hydrogen-bond acceptors (Lipinski definition) is 7. The molecule has 3 rings (SSSR count). The number of nitrogens with zero attached hydrogens (tertiary/aromatic N) is 2. The maximum absolute atomic E-state index is 11.7. The Morgan fingerprint density at radius 2 is 2.36 bits per heavy atom. The number of carboxylic acids is 1. The molecular formula is C13H14N2O4S3. The van der Waals surface area contributed by atoms with Crippen LogP contribution in [0.25, 0.3) is 0 Å². The molecule has 0 bridgehead atoms. The minimum Gasteiger partial charge on any atom is -0.477 e. The van der Waals surface area contributed by atoms with Crippen LogP contribution in [0, 0.1) is 0 Å². The van der Waals surface area contributed by atoms with E-state index in [4.69, 9.17) is 0 Å². The van der Waals surface area contributed by atoms with Crippen molar-refractivity contribution in [2.45, 2.75) is 29.0 Å². The summed E-state index contributed by atoms with van der Waals surface area (Å²) in [5.41, 5.74) is 3.56. The number of thioether (sulfide) groups is 2. The monoisotopic (exact) mass is 358 g/mol. The molecule has 2 aliphatic rings. The largest absolute Gasteiger partial charge is 0.477 e. The smallest absolute Gasteiger partial charge is 0.352 e. The molecule has 118 valence electrons. The molecule has 6 nitrogen and oxygen atoms in total. The lowest BCUT2D eigenvalue weighted by atomic mass is 10.1. The van der Waals surface area contributed by atoms with Crippen LogP contribution in [0.15, 0.2) is 21.0 Å². The highest BCUT2D eigenvalue weighted by molar-refractivity contribution is 8.02. The zero-order valence-electron chi connectivity index (χ0n) is 11.7. The summed E-state index contributed by atoms with van der Waals surface area (Å²) in [6.45, 7) is 2.03. The van der Waals surface area contributed by atoms with Gasteiger partial charge in [-0.3, -0.25) is 9.69 Å². The number of hydrogen-bond donors (Lipinski definition) is 2. The van der Waals surface area contributed by atoms with Gasteiger partial charge in [-0.2, -0.15) is 0 Å². The van der Waals surface area contributed by atoms with E-state index < -0.39 is 23.4 Å². The Kier molecular flexibility index (Phi) is 4.49. The van der Waals surface area contributed by atoms with E-state index in [1.54, 1.807) is 28.6 Å². The number of aromatic nitrogens is 1. The van der Waals surface area contributed by atoms with E-state index in [0.717, 1.165) is 21.9 Å². The first-order valence-electron chi connectivity index (χ1n) is 6.67. The molecule has 2 atom stereocenters. The highest BCUT2D eigenvalue weighted by Gasteiger charge is 2.52. The summed E-state index contributed by atoms with van der Waals surface area (Å²) in [5.74, 6) is -0.609. The van der Waals surface area contributed by atoms with Crippen LogP contribution < -0.4 is 0 Å². The highest BCUT2D eigenvalue weighted by atomic mass is 32.2. The number of aliphatic hydroxyl groups is 1. The summed E-state index contributed by atoms with van der Waals surface area (Å²) in [6, 6.07) is 0. The summed E-state index contributed by atoms with van der Waals surface area (Å²) < 4.78 is 1.09. The van der Waals surface area contributed by atoms with E-state index in [1.165, 1.54) is 16.7 Å². The number of amides is 1. The molecule has 0 aromatic carbocycles. The van der Waals surface area contributed by atoms with E-state index in [9.17, 15) is 19.8 Å². The third-order valence-electron chi connectivity index (χ3n) is 3.54. The van der Waals surface area contributed by atoms with Crippen LogP contribution in [0.5, 0.6) is 0 Å². The van der Waals surface area contributed by atoms with Crippen LogP contribution in [0.3, 0.4) is 0 Å². The number of carboxylic acid groups (broad SMARTS) is 1. The maximum atomic E-state index is 11.7. The third kappa shape index (κ3) is 2.55. The topological polar surface area (TPSA) is 90.7 Å². The SMILES string of the molecule is CCc1ncsc1SCC1=C(C(=O)O)N2C(=O)[C@@H](O)[C@@H]2SC1. The fraction of sp³-hybridized carbons (Fsp3) is 0.462. The predicted molar refractivity (Wildman–Crippen MR) is 86.0 cm³/mol. The molecule has 0 saturated carbocycles. The zero-order chi connectivity index (χ0) is 15.9. The Labute approximate surface area is 139 Å². The average Bonchev–Trinajstić information content (AvgIpc) is 2.98. The van der Waals surface area contributed by atoms with Crippen molar-refractivity contribution in [2.75, 3.05) is 11.5 Å². The zero-order valence-corrected chi connectivity index (χ0v) is 14.1. The second-order valence-electron chi connectivity index (χ2n) is 4.84. The minimum absolute atomic E-state index is 0.0362. The van der Waals surface area contributed by atoms with Crippen molar-refractivity contribution in [3.05, 3.63) is 22.5 Å². The van der Waals surface area contributed by atoms with Crippen molar-refractivity contribution in [2.24, 2.45) is 0 Å². The van der Waals surface area contributed by atoms with Crippen molar-refractivity contribution in [1.29, 1.82) is 0 Å². The summed E-state index contributed by atoms with van der Waals surface area (Å²) >= 11 is 4.51. The van der Waals surface area contributed by atoms with Crippen LogP contribution in [-0.2, 0) is 16.0 Å². The van der Waals surface area contributed by atoms with E-state index in [0.29, 0.717) is 11.5 Å². The van der Waals surface area contributed by atoms with Gasteiger partial charge >= 0.3 is 5.97 Å². The summed E-state index contributed by atoms with van der Waals surface area (Å²) in [7, 11) is 0. The fourth-order valence-corrected chi connectivity index (χ4v) is 5.90. The van der Waals surface area contributed by atoms with Gasteiger partial charge in [0.05, 0.1) is 15.4 Å². The standard InChI is InChI=1S/C13H14N2O4S3/c1-2-7-13(22-5-14-7)21-4-6-3-20-11-9(16)10(17)15(11)8(6)12(18)19/h5,9,11,16H,2-4H2,1H3,(H,18,19)/t9-,11+/m1/s1. The van der Waals surface area contributed by atoms with Gasteiger partial charge in [-0.1, -0.05) is 6.92 Å². The fourth-order valence-electron chi connectivity index (χ4n) is 2.41. The van der Waals surface area contributed by atoms with E-state index >= 15 is 0 Å². The van der Waals surface area contributed by atoms with Gasteiger partial charge in [-0.15, -0.1) is 34.9 Å². The van der Waals surface area contributed by atoms with Gasteiger partial charge in [0, 0.05) is 11.5 Å². The summed E-state index contributed by atoms with van der Waals surface area (Å²) in [6.07, 6.45) is -0.244. The Morgan fingerprint density at radius 3 is 3.05 bits per heavy atom. The Hall–Kier alpha value is -1.03. The van der Waals surface area contributed by atoms with Crippen molar-refractivity contribution in [3.8, 4) is 0 Å². The van der Waals surface area contributed by atoms with E-state index in [-0.39, 0.29) is 5.70 Å². The molecule has 1 amide bonds. The Morgan fingerprint density at radius 1 is 1.59 bits per heavy atom. The van der Waals surface area contributed by atoms with Gasteiger partial charge in [0.2, 0.25) is 0 Å². The molecule has 0 unspecified atom stereocenters. The molecule has 3 heterocycles. The molecule has 0 radical (unpaired) electrons. The third-order valence-corrected chi connectivity index (χ3v) is 7.16. The molecule has 1 fully saturated rings. The van der Waals surface area contributed by atoms with Crippen molar-refractivity contribution in [1.82, 2.24) is 9.88 Å². The van der Waals surface area contributed by atoms with Crippen molar-refractivity contribution in [3.63, 3.8) is 0 Å². The summed E-state index contributed by atoms with van der Waals surface area (Å²) in [5, 5.41) is 18.6. The number of carbonyl (C=O) groups excluding carboxylic acids is 1. The van der Waals surface area contributed by atoms with Gasteiger partial charge in [0.25, 0.3) is 5.91 Å². The lowest BCUT2D eigenvalue weighted by Crippen LogP contribution is -2.64. The molecule has 2 aliphatic heterocycles. The molecule has 22 heavy (non-hydrogen) atoms. The van der Waals surface area contributed by atoms with Crippen molar-refractivity contribution < 1.29 is 19.8 Å². The summed E-state index contributed by atoms with van der Waals surface area (Å²) in [4.78, 5) is 28.8.